The zero-order chi connectivity index (χ0) is 21.4. The number of hydrogen-bond donors (Lipinski definition) is 0. The molecule has 3 fully saturated rings. The standard InChI is InChI=1S/C27H22FN3O/c1-16-26-25(23-7-4-10-32-23)29-15-31(26)22-9-8-18(27-12-17(13-27)14-27)11-20(22)24(30-16)19-5-2-3-6-21(19)28/h2-11,15-17H,12-14H2,1H3/t16-,17?,27?/m1/s1. The molecule has 158 valence electrons. The smallest absolute Gasteiger partial charge is 0.154 e. The third-order valence-corrected chi connectivity index (χ3v) is 7.57. The minimum Gasteiger partial charge on any atom is -0.463 e. The second kappa shape index (κ2) is 6.28. The molecule has 2 aromatic heterocycles. The Labute approximate surface area is 185 Å². The monoisotopic (exact) mass is 423 g/mol. The lowest BCUT2D eigenvalue weighted by atomic mass is 9.42. The maximum atomic E-state index is 15.0. The molecule has 2 bridgehead atoms. The molecule has 0 radical (unpaired) electrons. The summed E-state index contributed by atoms with van der Waals surface area (Å²) in [6.07, 6.45) is 7.30. The molecule has 1 aliphatic heterocycles. The summed E-state index contributed by atoms with van der Waals surface area (Å²) in [5, 5.41) is 0. The summed E-state index contributed by atoms with van der Waals surface area (Å²) in [6, 6.07) is 17.1. The SMILES string of the molecule is C[C@H]1N=C(c2ccccc2F)c2cc(C34CC(C3)C4)ccc2-n2cnc(-c3ccco3)c21. The van der Waals surface area contributed by atoms with E-state index in [0.717, 1.165) is 28.6 Å². The molecule has 3 heterocycles. The Balaban J connectivity index is 1.49. The minimum atomic E-state index is -0.253. The zero-order valence-electron chi connectivity index (χ0n) is 17.8. The maximum absolute atomic E-state index is 15.0. The topological polar surface area (TPSA) is 43.3 Å². The van der Waals surface area contributed by atoms with Gasteiger partial charge < -0.3 is 4.42 Å². The van der Waals surface area contributed by atoms with Crippen LogP contribution in [0.5, 0.6) is 0 Å². The van der Waals surface area contributed by atoms with Crippen LogP contribution < -0.4 is 0 Å². The van der Waals surface area contributed by atoms with E-state index in [4.69, 9.17) is 9.41 Å². The summed E-state index contributed by atoms with van der Waals surface area (Å²) in [5.74, 6) is 1.35. The lowest BCUT2D eigenvalue weighted by Crippen LogP contribution is -2.55. The van der Waals surface area contributed by atoms with Crippen molar-refractivity contribution in [2.24, 2.45) is 10.9 Å². The fourth-order valence-electron chi connectivity index (χ4n) is 5.84. The van der Waals surface area contributed by atoms with E-state index in [0.29, 0.717) is 22.5 Å². The summed E-state index contributed by atoms with van der Waals surface area (Å²) in [5.41, 5.74) is 6.57. The molecule has 0 saturated heterocycles. The highest BCUT2D eigenvalue weighted by Gasteiger charge is 2.57. The van der Waals surface area contributed by atoms with Crippen LogP contribution in [0, 0.1) is 11.7 Å². The summed E-state index contributed by atoms with van der Waals surface area (Å²) >= 11 is 0. The van der Waals surface area contributed by atoms with Crippen molar-refractivity contribution >= 4 is 5.71 Å². The van der Waals surface area contributed by atoms with Crippen LogP contribution in [-0.4, -0.2) is 15.3 Å². The Bertz CT molecular complexity index is 1380. The first kappa shape index (κ1) is 18.1. The van der Waals surface area contributed by atoms with Crippen LogP contribution in [0.3, 0.4) is 0 Å². The predicted octanol–water partition coefficient (Wildman–Crippen LogP) is 6.23. The van der Waals surface area contributed by atoms with E-state index in [2.05, 4.69) is 27.8 Å². The Morgan fingerprint density at radius 3 is 2.59 bits per heavy atom. The maximum Gasteiger partial charge on any atom is 0.154 e. The third kappa shape index (κ3) is 2.36. The van der Waals surface area contributed by atoms with Gasteiger partial charge >= 0.3 is 0 Å². The molecule has 0 unspecified atom stereocenters. The van der Waals surface area contributed by atoms with Crippen LogP contribution in [0.15, 0.2) is 76.6 Å². The van der Waals surface area contributed by atoms with Gasteiger partial charge in [-0.2, -0.15) is 0 Å². The quantitative estimate of drug-likeness (QED) is 0.392. The lowest BCUT2D eigenvalue weighted by molar-refractivity contribution is -0.0274. The van der Waals surface area contributed by atoms with Gasteiger partial charge in [-0.05, 0) is 79.5 Å². The molecule has 0 spiro atoms. The van der Waals surface area contributed by atoms with Gasteiger partial charge in [0.2, 0.25) is 0 Å². The minimum absolute atomic E-state index is 0.224. The first-order valence-corrected chi connectivity index (χ1v) is 11.2. The average Bonchev–Trinajstić information content (AvgIpc) is 3.38. The number of aromatic nitrogens is 2. The van der Waals surface area contributed by atoms with E-state index in [1.807, 2.05) is 37.5 Å². The van der Waals surface area contributed by atoms with Crippen molar-refractivity contribution in [1.82, 2.24) is 9.55 Å². The molecule has 4 aromatic rings. The molecule has 2 aromatic carbocycles. The highest BCUT2D eigenvalue weighted by molar-refractivity contribution is 6.15. The zero-order valence-corrected chi connectivity index (χ0v) is 17.8. The molecule has 0 N–H and O–H groups in total. The second-order valence-corrected chi connectivity index (χ2v) is 9.45. The molecule has 3 saturated carbocycles. The Kier molecular flexibility index (Phi) is 3.56. The molecule has 4 aliphatic rings. The number of rotatable bonds is 3. The van der Waals surface area contributed by atoms with Crippen LogP contribution in [0.25, 0.3) is 17.1 Å². The molecule has 8 rings (SSSR count). The third-order valence-electron chi connectivity index (χ3n) is 7.57. The molecular formula is C27H22FN3O. The van der Waals surface area contributed by atoms with Crippen molar-refractivity contribution in [2.45, 2.75) is 37.6 Å². The average molecular weight is 423 g/mol. The van der Waals surface area contributed by atoms with Gasteiger partial charge in [0.05, 0.1) is 29.4 Å². The Morgan fingerprint density at radius 2 is 1.88 bits per heavy atom. The molecule has 5 heteroatoms. The lowest BCUT2D eigenvalue weighted by Gasteiger charge is -2.62. The number of furan rings is 1. The number of hydrogen-bond acceptors (Lipinski definition) is 3. The van der Waals surface area contributed by atoms with E-state index in [-0.39, 0.29) is 11.9 Å². The first-order valence-electron chi connectivity index (χ1n) is 11.2. The highest BCUT2D eigenvalue weighted by atomic mass is 19.1. The number of fused-ring (bicyclic) bond motifs is 3. The van der Waals surface area contributed by atoms with Gasteiger partial charge in [0, 0.05) is 11.1 Å². The Hall–Kier alpha value is -3.47. The van der Waals surface area contributed by atoms with Crippen LogP contribution in [0.4, 0.5) is 4.39 Å². The molecule has 4 nitrogen and oxygen atoms in total. The molecular weight excluding hydrogens is 401 g/mol. The molecule has 0 amide bonds. The van der Waals surface area contributed by atoms with Crippen LogP contribution in [0.2, 0.25) is 0 Å². The van der Waals surface area contributed by atoms with Gasteiger partial charge in [0.15, 0.2) is 5.76 Å². The number of aliphatic imine (C=N–C) groups is 1. The summed E-state index contributed by atoms with van der Waals surface area (Å²) in [6.45, 7) is 2.04. The van der Waals surface area contributed by atoms with E-state index >= 15 is 0 Å². The summed E-state index contributed by atoms with van der Waals surface area (Å²) in [4.78, 5) is 9.77. The van der Waals surface area contributed by atoms with Gasteiger partial charge in [-0.1, -0.05) is 18.2 Å². The number of halogens is 1. The largest absolute Gasteiger partial charge is 0.463 e. The number of nitrogens with zero attached hydrogens (tertiary/aromatic N) is 3. The van der Waals surface area contributed by atoms with Crippen molar-refractivity contribution in [1.29, 1.82) is 0 Å². The second-order valence-electron chi connectivity index (χ2n) is 9.45. The fourth-order valence-corrected chi connectivity index (χ4v) is 5.84. The van der Waals surface area contributed by atoms with Crippen LogP contribution in [0.1, 0.15) is 54.6 Å². The van der Waals surface area contributed by atoms with Crippen LogP contribution >= 0.6 is 0 Å². The van der Waals surface area contributed by atoms with Gasteiger partial charge in [-0.3, -0.25) is 9.56 Å². The summed E-state index contributed by atoms with van der Waals surface area (Å²) < 4.78 is 22.7. The van der Waals surface area contributed by atoms with Gasteiger partial charge in [0.25, 0.3) is 0 Å². The van der Waals surface area contributed by atoms with Crippen LogP contribution in [-0.2, 0) is 5.41 Å². The molecule has 3 aliphatic carbocycles. The van der Waals surface area contributed by atoms with Gasteiger partial charge in [-0.25, -0.2) is 9.37 Å². The molecule has 1 atom stereocenters. The van der Waals surface area contributed by atoms with Crippen molar-refractivity contribution in [3.05, 3.63) is 95.4 Å². The van der Waals surface area contributed by atoms with E-state index in [1.54, 1.807) is 12.3 Å². The van der Waals surface area contributed by atoms with E-state index < -0.39 is 0 Å². The molecule has 32 heavy (non-hydrogen) atoms. The predicted molar refractivity (Wildman–Crippen MR) is 121 cm³/mol. The van der Waals surface area contributed by atoms with Gasteiger partial charge in [-0.15, -0.1) is 0 Å². The normalized spacial score (nSPS) is 25.1. The highest BCUT2D eigenvalue weighted by Crippen LogP contribution is 2.65. The first-order chi connectivity index (χ1) is 15.6. The van der Waals surface area contributed by atoms with Gasteiger partial charge in [0.1, 0.15) is 17.8 Å². The number of benzene rings is 2. The van der Waals surface area contributed by atoms with Crippen molar-refractivity contribution < 1.29 is 8.81 Å². The summed E-state index contributed by atoms with van der Waals surface area (Å²) in [7, 11) is 0. The van der Waals surface area contributed by atoms with Crippen molar-refractivity contribution in [3.8, 4) is 17.1 Å². The van der Waals surface area contributed by atoms with Crippen molar-refractivity contribution in [2.75, 3.05) is 0 Å². The fraction of sp³-hybridized carbons (Fsp3) is 0.259. The number of imidazole rings is 1. The van der Waals surface area contributed by atoms with E-state index in [9.17, 15) is 4.39 Å². The Morgan fingerprint density at radius 1 is 1.03 bits per heavy atom. The van der Waals surface area contributed by atoms with E-state index in [1.165, 1.54) is 30.9 Å². The van der Waals surface area contributed by atoms with Crippen molar-refractivity contribution in [3.63, 3.8) is 0 Å².